The Morgan fingerprint density at radius 1 is 1.28 bits per heavy atom. The minimum atomic E-state index is -0.513. The van der Waals surface area contributed by atoms with Gasteiger partial charge in [-0.25, -0.2) is 4.39 Å². The van der Waals surface area contributed by atoms with Crippen LogP contribution in [0.4, 0.5) is 10.1 Å². The van der Waals surface area contributed by atoms with Crippen LogP contribution in [0.25, 0.3) is 0 Å². The third-order valence-electron chi connectivity index (χ3n) is 4.03. The molecule has 0 saturated carbocycles. The molecule has 4 rings (SSSR count). The number of amides is 1. The molecule has 1 atom stereocenters. The summed E-state index contributed by atoms with van der Waals surface area (Å²) >= 11 is 4.83. The number of nitrogens with one attached hydrogen (secondary N) is 1. The SMILES string of the molecule is O=C1c2cccnc2C(Nc2ccc(Br)cc2F)N1Cc1cccs1. The fourth-order valence-corrected chi connectivity index (χ4v) is 3.91. The molecular formula is C18H13BrFN3OS. The smallest absolute Gasteiger partial charge is 0.258 e. The molecule has 3 heterocycles. The van der Waals surface area contributed by atoms with Crippen molar-refractivity contribution in [3.63, 3.8) is 0 Å². The fraction of sp³-hybridized carbons (Fsp3) is 0.111. The largest absolute Gasteiger partial charge is 0.358 e. The molecule has 0 fully saturated rings. The number of benzene rings is 1. The summed E-state index contributed by atoms with van der Waals surface area (Å²) in [6.07, 6.45) is 1.13. The topological polar surface area (TPSA) is 45.2 Å². The van der Waals surface area contributed by atoms with Crippen LogP contribution in [0.2, 0.25) is 0 Å². The van der Waals surface area contributed by atoms with Crippen LogP contribution in [-0.2, 0) is 6.54 Å². The van der Waals surface area contributed by atoms with Crippen molar-refractivity contribution in [1.29, 1.82) is 0 Å². The second-order valence-corrected chi connectivity index (χ2v) is 7.57. The summed E-state index contributed by atoms with van der Waals surface area (Å²) in [6, 6.07) is 12.2. The van der Waals surface area contributed by atoms with Crippen LogP contribution in [0, 0.1) is 5.82 Å². The first-order valence-electron chi connectivity index (χ1n) is 7.63. The van der Waals surface area contributed by atoms with Gasteiger partial charge in [0.1, 0.15) is 12.0 Å². The van der Waals surface area contributed by atoms with Gasteiger partial charge in [-0.1, -0.05) is 22.0 Å². The summed E-state index contributed by atoms with van der Waals surface area (Å²) in [5.41, 5.74) is 1.50. The maximum absolute atomic E-state index is 14.3. The third-order valence-corrected chi connectivity index (χ3v) is 5.38. The van der Waals surface area contributed by atoms with E-state index in [1.165, 1.54) is 6.07 Å². The number of thiophene rings is 1. The van der Waals surface area contributed by atoms with E-state index < -0.39 is 6.17 Å². The van der Waals surface area contributed by atoms with E-state index in [9.17, 15) is 9.18 Å². The second kappa shape index (κ2) is 6.57. The van der Waals surface area contributed by atoms with E-state index in [0.29, 0.717) is 28.0 Å². The molecule has 0 saturated heterocycles. The van der Waals surface area contributed by atoms with Gasteiger partial charge in [-0.05, 0) is 41.8 Å². The second-order valence-electron chi connectivity index (χ2n) is 5.62. The van der Waals surface area contributed by atoms with Gasteiger partial charge in [0.15, 0.2) is 0 Å². The van der Waals surface area contributed by atoms with Crippen molar-refractivity contribution in [2.75, 3.05) is 5.32 Å². The summed E-state index contributed by atoms with van der Waals surface area (Å²) in [7, 11) is 0. The number of nitrogens with zero attached hydrogens (tertiary/aromatic N) is 2. The number of halogens is 2. The molecule has 2 aromatic heterocycles. The average Bonchev–Trinajstić information content (AvgIpc) is 3.20. The van der Waals surface area contributed by atoms with Crippen LogP contribution in [0.3, 0.4) is 0 Å². The molecule has 1 aromatic carbocycles. The summed E-state index contributed by atoms with van der Waals surface area (Å²) < 4.78 is 14.9. The normalized spacial score (nSPS) is 16.2. The molecule has 0 bridgehead atoms. The molecule has 0 radical (unpaired) electrons. The number of anilines is 1. The minimum Gasteiger partial charge on any atom is -0.358 e. The summed E-state index contributed by atoms with van der Waals surface area (Å²) in [4.78, 5) is 19.9. The molecule has 4 nitrogen and oxygen atoms in total. The minimum absolute atomic E-state index is 0.105. The molecule has 3 aromatic rings. The van der Waals surface area contributed by atoms with Crippen LogP contribution in [0.1, 0.15) is 27.1 Å². The Balaban J connectivity index is 1.71. The zero-order valence-corrected chi connectivity index (χ0v) is 15.3. The maximum atomic E-state index is 14.3. The van der Waals surface area contributed by atoms with Gasteiger partial charge in [-0.2, -0.15) is 0 Å². The molecule has 1 N–H and O–H groups in total. The monoisotopic (exact) mass is 417 g/mol. The van der Waals surface area contributed by atoms with Crippen LogP contribution < -0.4 is 5.32 Å². The lowest BCUT2D eigenvalue weighted by atomic mass is 10.2. The lowest BCUT2D eigenvalue weighted by molar-refractivity contribution is 0.0729. The number of carbonyl (C=O) groups excluding carboxylic acids is 1. The highest BCUT2D eigenvalue weighted by Gasteiger charge is 2.38. The highest BCUT2D eigenvalue weighted by molar-refractivity contribution is 9.10. The van der Waals surface area contributed by atoms with Crippen molar-refractivity contribution in [1.82, 2.24) is 9.88 Å². The summed E-state index contributed by atoms with van der Waals surface area (Å²) in [5.74, 6) is -0.492. The summed E-state index contributed by atoms with van der Waals surface area (Å²) in [5, 5.41) is 5.11. The Labute approximate surface area is 156 Å². The zero-order valence-electron chi connectivity index (χ0n) is 12.9. The van der Waals surface area contributed by atoms with Crippen molar-refractivity contribution >= 4 is 38.9 Å². The number of rotatable bonds is 4. The first kappa shape index (κ1) is 16.2. The van der Waals surface area contributed by atoms with Gasteiger partial charge in [0, 0.05) is 15.5 Å². The molecule has 1 aliphatic heterocycles. The highest BCUT2D eigenvalue weighted by Crippen LogP contribution is 2.35. The lowest BCUT2D eigenvalue weighted by Gasteiger charge is -2.26. The predicted octanol–water partition coefficient (Wildman–Crippen LogP) is 4.81. The third kappa shape index (κ3) is 3.05. The van der Waals surface area contributed by atoms with Gasteiger partial charge >= 0.3 is 0 Å². The molecule has 1 unspecified atom stereocenters. The first-order chi connectivity index (χ1) is 12.1. The number of hydrogen-bond acceptors (Lipinski definition) is 4. The van der Waals surface area contributed by atoms with Gasteiger partial charge < -0.3 is 10.2 Å². The molecule has 25 heavy (non-hydrogen) atoms. The van der Waals surface area contributed by atoms with E-state index in [-0.39, 0.29) is 11.7 Å². The molecule has 0 spiro atoms. The number of hydrogen-bond donors (Lipinski definition) is 1. The van der Waals surface area contributed by atoms with Crippen molar-refractivity contribution in [3.8, 4) is 0 Å². The van der Waals surface area contributed by atoms with Crippen LogP contribution in [-0.4, -0.2) is 15.8 Å². The number of carbonyl (C=O) groups is 1. The molecule has 1 aliphatic rings. The Morgan fingerprint density at radius 3 is 2.92 bits per heavy atom. The van der Waals surface area contributed by atoms with Gasteiger partial charge in [0.2, 0.25) is 0 Å². The molecule has 7 heteroatoms. The van der Waals surface area contributed by atoms with E-state index in [0.717, 1.165) is 4.88 Å². The van der Waals surface area contributed by atoms with E-state index in [4.69, 9.17) is 0 Å². The standard InChI is InChI=1S/C18H13BrFN3OS/c19-11-5-6-15(14(20)9-11)22-17-16-13(4-1-7-21-16)18(24)23(17)10-12-3-2-8-25-12/h1-9,17,22H,10H2. The lowest BCUT2D eigenvalue weighted by Crippen LogP contribution is -2.32. The fourth-order valence-electron chi connectivity index (χ4n) is 2.87. The van der Waals surface area contributed by atoms with E-state index in [1.807, 2.05) is 17.5 Å². The van der Waals surface area contributed by atoms with Crippen LogP contribution in [0.15, 0.2) is 58.5 Å². The van der Waals surface area contributed by atoms with Gasteiger partial charge in [-0.15, -0.1) is 11.3 Å². The Morgan fingerprint density at radius 2 is 2.16 bits per heavy atom. The molecule has 126 valence electrons. The van der Waals surface area contributed by atoms with Gasteiger partial charge in [0.25, 0.3) is 5.91 Å². The van der Waals surface area contributed by atoms with E-state index in [2.05, 4.69) is 26.2 Å². The zero-order chi connectivity index (χ0) is 17.4. The quantitative estimate of drug-likeness (QED) is 0.662. The molecule has 0 aliphatic carbocycles. The Bertz CT molecular complexity index is 932. The van der Waals surface area contributed by atoms with E-state index in [1.54, 1.807) is 46.7 Å². The Hall–Kier alpha value is -2.25. The highest BCUT2D eigenvalue weighted by atomic mass is 79.9. The van der Waals surface area contributed by atoms with E-state index >= 15 is 0 Å². The summed E-state index contributed by atoms with van der Waals surface area (Å²) in [6.45, 7) is 0.447. The van der Waals surface area contributed by atoms with Gasteiger partial charge in [0.05, 0.1) is 23.5 Å². The number of pyridine rings is 1. The van der Waals surface area contributed by atoms with Crippen molar-refractivity contribution in [3.05, 3.63) is 80.5 Å². The predicted molar refractivity (Wildman–Crippen MR) is 98.9 cm³/mol. The van der Waals surface area contributed by atoms with Crippen molar-refractivity contribution < 1.29 is 9.18 Å². The number of aromatic nitrogens is 1. The van der Waals surface area contributed by atoms with Crippen molar-refractivity contribution in [2.45, 2.75) is 12.7 Å². The van der Waals surface area contributed by atoms with Crippen molar-refractivity contribution in [2.24, 2.45) is 0 Å². The maximum Gasteiger partial charge on any atom is 0.258 e. The first-order valence-corrected chi connectivity index (χ1v) is 9.30. The molecular weight excluding hydrogens is 405 g/mol. The molecule has 1 amide bonds. The average molecular weight is 418 g/mol. The van der Waals surface area contributed by atoms with Gasteiger partial charge in [-0.3, -0.25) is 9.78 Å². The van der Waals surface area contributed by atoms with Crippen LogP contribution >= 0.6 is 27.3 Å². The Kier molecular flexibility index (Phi) is 4.27. The van der Waals surface area contributed by atoms with Crippen LogP contribution in [0.5, 0.6) is 0 Å². The number of fused-ring (bicyclic) bond motifs is 1.